The van der Waals surface area contributed by atoms with Crippen LogP contribution in [-0.4, -0.2) is 0 Å². The molecule has 0 aliphatic carbocycles. The Hall–Kier alpha value is -3.00. The highest BCUT2D eigenvalue weighted by Gasteiger charge is 2.14. The Morgan fingerprint density at radius 1 is 0.727 bits per heavy atom. The van der Waals surface area contributed by atoms with Gasteiger partial charge in [0.15, 0.2) is 0 Å². The molecule has 0 spiro atoms. The summed E-state index contributed by atoms with van der Waals surface area (Å²) in [6.07, 6.45) is 1.79. The largest absolute Gasteiger partial charge is 0.463 e. The van der Waals surface area contributed by atoms with Crippen molar-refractivity contribution in [3.63, 3.8) is 0 Å². The fourth-order valence-electron chi connectivity index (χ4n) is 2.82. The van der Waals surface area contributed by atoms with Crippen molar-refractivity contribution in [2.45, 2.75) is 0 Å². The molecular weight excluding hydrogens is 270 g/mol. The normalized spacial score (nSPS) is 10.9. The van der Waals surface area contributed by atoms with Crippen LogP contribution in [0, 0.1) is 0 Å². The Morgan fingerprint density at radius 3 is 2.36 bits per heavy atom. The van der Waals surface area contributed by atoms with Crippen molar-refractivity contribution >= 4 is 16.5 Å². The minimum Gasteiger partial charge on any atom is -0.463 e. The Labute approximate surface area is 128 Å². The van der Waals surface area contributed by atoms with Crippen LogP contribution in [0.15, 0.2) is 83.5 Å². The second-order valence-electron chi connectivity index (χ2n) is 5.32. The topological polar surface area (TPSA) is 39.2 Å². The third-order valence-electron chi connectivity index (χ3n) is 3.88. The molecule has 1 heterocycles. The first kappa shape index (κ1) is 12.7. The summed E-state index contributed by atoms with van der Waals surface area (Å²) in [7, 11) is 0. The summed E-state index contributed by atoms with van der Waals surface area (Å²) in [5.74, 6) is 0.863. The van der Waals surface area contributed by atoms with E-state index in [9.17, 15) is 0 Å². The molecular formula is C20H15NO. The van der Waals surface area contributed by atoms with E-state index in [4.69, 9.17) is 10.2 Å². The summed E-state index contributed by atoms with van der Waals surface area (Å²) in [5.41, 5.74) is 10.0. The van der Waals surface area contributed by atoms with Crippen LogP contribution < -0.4 is 5.73 Å². The van der Waals surface area contributed by atoms with Crippen molar-refractivity contribution < 1.29 is 4.42 Å². The first-order chi connectivity index (χ1) is 10.8. The fraction of sp³-hybridized carbons (Fsp3) is 0. The standard InChI is InChI=1S/C20H15NO/c21-16-10-11-17(14-6-2-1-3-7-14)19(12-16)20-18-9-5-4-8-15(18)13-22-20/h1-13H,21H2. The van der Waals surface area contributed by atoms with E-state index >= 15 is 0 Å². The predicted octanol–water partition coefficient (Wildman–Crippen LogP) is 5.35. The van der Waals surface area contributed by atoms with Crippen molar-refractivity contribution in [2.24, 2.45) is 0 Å². The van der Waals surface area contributed by atoms with Crippen LogP contribution in [0.4, 0.5) is 5.69 Å². The highest BCUT2D eigenvalue weighted by Crippen LogP contribution is 2.38. The van der Waals surface area contributed by atoms with Crippen LogP contribution in [0.2, 0.25) is 0 Å². The second kappa shape index (κ2) is 5.08. The Kier molecular flexibility index (Phi) is 2.94. The maximum atomic E-state index is 6.01. The maximum Gasteiger partial charge on any atom is 0.142 e. The van der Waals surface area contributed by atoms with Crippen LogP contribution >= 0.6 is 0 Å². The van der Waals surface area contributed by atoms with Gasteiger partial charge in [-0.1, -0.05) is 60.7 Å². The van der Waals surface area contributed by atoms with Crippen LogP contribution in [0.25, 0.3) is 33.2 Å². The van der Waals surface area contributed by atoms with Gasteiger partial charge in [0.25, 0.3) is 0 Å². The second-order valence-corrected chi connectivity index (χ2v) is 5.32. The number of furan rings is 1. The molecule has 0 saturated carbocycles. The Morgan fingerprint density at radius 2 is 1.50 bits per heavy atom. The van der Waals surface area contributed by atoms with Gasteiger partial charge in [-0.25, -0.2) is 0 Å². The number of nitrogen functional groups attached to an aromatic ring is 1. The molecule has 3 aromatic carbocycles. The first-order valence-corrected chi connectivity index (χ1v) is 7.24. The summed E-state index contributed by atoms with van der Waals surface area (Å²) in [5, 5.41) is 2.20. The zero-order valence-electron chi connectivity index (χ0n) is 12.0. The number of nitrogens with two attached hydrogens (primary N) is 1. The minimum atomic E-state index is 0.732. The average Bonchev–Trinajstić information content (AvgIpc) is 2.99. The molecule has 22 heavy (non-hydrogen) atoms. The summed E-state index contributed by atoms with van der Waals surface area (Å²) < 4.78 is 5.86. The van der Waals surface area contributed by atoms with Crippen molar-refractivity contribution in [3.8, 4) is 22.5 Å². The van der Waals surface area contributed by atoms with Gasteiger partial charge in [-0.15, -0.1) is 0 Å². The van der Waals surface area contributed by atoms with E-state index in [0.29, 0.717) is 0 Å². The number of rotatable bonds is 2. The number of fused-ring (bicyclic) bond motifs is 1. The van der Waals surface area contributed by atoms with Gasteiger partial charge in [0.1, 0.15) is 5.76 Å². The van der Waals surface area contributed by atoms with Crippen LogP contribution in [-0.2, 0) is 0 Å². The highest BCUT2D eigenvalue weighted by atomic mass is 16.3. The summed E-state index contributed by atoms with van der Waals surface area (Å²) >= 11 is 0. The summed E-state index contributed by atoms with van der Waals surface area (Å²) in [6.45, 7) is 0. The van der Waals surface area contributed by atoms with Crippen LogP contribution in [0.5, 0.6) is 0 Å². The first-order valence-electron chi connectivity index (χ1n) is 7.24. The molecule has 106 valence electrons. The third kappa shape index (κ3) is 2.06. The molecule has 0 radical (unpaired) electrons. The third-order valence-corrected chi connectivity index (χ3v) is 3.88. The van der Waals surface area contributed by atoms with Crippen molar-refractivity contribution in [1.82, 2.24) is 0 Å². The Bertz CT molecular complexity index is 938. The zero-order chi connectivity index (χ0) is 14.9. The molecule has 0 aliphatic rings. The molecule has 4 rings (SSSR count). The lowest BCUT2D eigenvalue weighted by molar-refractivity contribution is 0.587. The van der Waals surface area contributed by atoms with E-state index < -0.39 is 0 Å². The zero-order valence-corrected chi connectivity index (χ0v) is 12.0. The Balaban J connectivity index is 2.00. The van der Waals surface area contributed by atoms with Crippen molar-refractivity contribution in [1.29, 1.82) is 0 Å². The molecule has 2 nitrogen and oxygen atoms in total. The van der Waals surface area contributed by atoms with Gasteiger partial charge in [-0.2, -0.15) is 0 Å². The lowest BCUT2D eigenvalue weighted by Gasteiger charge is -2.09. The van der Waals surface area contributed by atoms with Crippen molar-refractivity contribution in [2.75, 3.05) is 5.73 Å². The van der Waals surface area contributed by atoms with Gasteiger partial charge in [0.2, 0.25) is 0 Å². The molecule has 0 atom stereocenters. The molecule has 4 aromatic rings. The fourth-order valence-corrected chi connectivity index (χ4v) is 2.82. The van der Waals surface area contributed by atoms with E-state index in [0.717, 1.165) is 38.9 Å². The highest BCUT2D eigenvalue weighted by molar-refractivity contribution is 5.98. The molecule has 0 amide bonds. The molecule has 1 aromatic heterocycles. The predicted molar refractivity (Wildman–Crippen MR) is 91.5 cm³/mol. The number of anilines is 1. The van der Waals surface area contributed by atoms with Gasteiger partial charge in [-0.3, -0.25) is 0 Å². The maximum absolute atomic E-state index is 6.01. The molecule has 2 N–H and O–H groups in total. The smallest absolute Gasteiger partial charge is 0.142 e. The van der Waals surface area contributed by atoms with Gasteiger partial charge >= 0.3 is 0 Å². The van der Waals surface area contributed by atoms with Gasteiger partial charge in [-0.05, 0) is 23.3 Å². The van der Waals surface area contributed by atoms with Gasteiger partial charge in [0, 0.05) is 22.0 Å². The number of hydrogen-bond donors (Lipinski definition) is 1. The quantitative estimate of drug-likeness (QED) is 0.504. The molecule has 0 fully saturated rings. The van der Waals surface area contributed by atoms with E-state index in [-0.39, 0.29) is 0 Å². The van der Waals surface area contributed by atoms with Gasteiger partial charge in [0.05, 0.1) is 6.26 Å². The lowest BCUT2D eigenvalue weighted by Crippen LogP contribution is -1.89. The van der Waals surface area contributed by atoms with E-state index in [1.807, 2.05) is 42.5 Å². The van der Waals surface area contributed by atoms with Crippen LogP contribution in [0.3, 0.4) is 0 Å². The summed E-state index contributed by atoms with van der Waals surface area (Å²) in [6, 6.07) is 24.4. The SMILES string of the molecule is Nc1ccc(-c2ccccc2)c(-c2occ3ccccc23)c1. The van der Waals surface area contributed by atoms with E-state index in [2.05, 4.69) is 30.3 Å². The van der Waals surface area contributed by atoms with E-state index in [1.165, 1.54) is 0 Å². The van der Waals surface area contributed by atoms with E-state index in [1.54, 1.807) is 6.26 Å². The average molecular weight is 285 g/mol. The summed E-state index contributed by atoms with van der Waals surface area (Å²) in [4.78, 5) is 0. The molecule has 0 saturated heterocycles. The van der Waals surface area contributed by atoms with Crippen molar-refractivity contribution in [3.05, 3.63) is 79.1 Å². The molecule has 0 unspecified atom stereocenters. The van der Waals surface area contributed by atoms with Crippen LogP contribution in [0.1, 0.15) is 0 Å². The minimum absolute atomic E-state index is 0.732. The monoisotopic (exact) mass is 285 g/mol. The van der Waals surface area contributed by atoms with Gasteiger partial charge < -0.3 is 10.2 Å². The lowest BCUT2D eigenvalue weighted by atomic mass is 9.96. The molecule has 0 bridgehead atoms. The number of hydrogen-bond acceptors (Lipinski definition) is 2. The molecule has 2 heteroatoms. The number of benzene rings is 3. The molecule has 0 aliphatic heterocycles.